The Morgan fingerprint density at radius 3 is 2.14 bits per heavy atom. The molecule has 1 rings (SSSR count). The third-order valence-corrected chi connectivity index (χ3v) is 2.83. The zero-order valence-electron chi connectivity index (χ0n) is 13.5. The van der Waals surface area contributed by atoms with Gasteiger partial charge >= 0.3 is 5.97 Å². The summed E-state index contributed by atoms with van der Waals surface area (Å²) in [6, 6.07) is 6.68. The molecule has 1 aromatic carbocycles. The number of hydrogen-bond donors (Lipinski definition) is 2. The van der Waals surface area contributed by atoms with E-state index >= 15 is 0 Å². The van der Waals surface area contributed by atoms with Crippen molar-refractivity contribution < 1.29 is 14.3 Å². The van der Waals surface area contributed by atoms with Crippen LogP contribution in [0.4, 0.5) is 5.69 Å². The van der Waals surface area contributed by atoms with Crippen molar-refractivity contribution in [1.29, 1.82) is 0 Å². The smallest absolute Gasteiger partial charge is 0.338 e. The highest BCUT2D eigenvalue weighted by molar-refractivity contribution is 7.80. The Labute approximate surface area is 136 Å². The van der Waals surface area contributed by atoms with E-state index in [1.165, 1.54) is 0 Å². The fraction of sp³-hybridized carbons (Fsp3) is 0.438. The lowest BCUT2D eigenvalue weighted by molar-refractivity contribution is -0.126. The Bertz CT molecular complexity index is 560. The average Bonchev–Trinajstić information content (AvgIpc) is 2.37. The Balaban J connectivity index is 2.63. The maximum atomic E-state index is 11.8. The van der Waals surface area contributed by atoms with Gasteiger partial charge in [-0.2, -0.15) is 0 Å². The van der Waals surface area contributed by atoms with Gasteiger partial charge in [-0.3, -0.25) is 4.79 Å². The van der Waals surface area contributed by atoms with Crippen LogP contribution in [0, 0.1) is 5.41 Å². The molecule has 0 atom stereocenters. The largest absolute Gasteiger partial charge is 0.459 e. The van der Waals surface area contributed by atoms with Crippen molar-refractivity contribution >= 4 is 34.9 Å². The Morgan fingerprint density at radius 1 is 1.14 bits per heavy atom. The molecular weight excluding hydrogens is 300 g/mol. The summed E-state index contributed by atoms with van der Waals surface area (Å²) in [6.07, 6.45) is -0.162. The normalized spacial score (nSPS) is 11.0. The minimum absolute atomic E-state index is 0.162. The molecule has 0 saturated carbocycles. The summed E-state index contributed by atoms with van der Waals surface area (Å²) in [5.41, 5.74) is 0.625. The van der Waals surface area contributed by atoms with Crippen molar-refractivity contribution in [3.05, 3.63) is 29.8 Å². The van der Waals surface area contributed by atoms with Crippen molar-refractivity contribution in [2.45, 2.75) is 40.7 Å². The molecule has 120 valence electrons. The van der Waals surface area contributed by atoms with Crippen LogP contribution in [-0.4, -0.2) is 23.1 Å². The average molecular weight is 322 g/mol. The van der Waals surface area contributed by atoms with Crippen molar-refractivity contribution in [2.75, 3.05) is 5.32 Å². The number of esters is 1. The van der Waals surface area contributed by atoms with Gasteiger partial charge in [0.1, 0.15) is 0 Å². The maximum Gasteiger partial charge on any atom is 0.338 e. The lowest BCUT2D eigenvalue weighted by atomic mass is 9.96. The number of benzene rings is 1. The summed E-state index contributed by atoms with van der Waals surface area (Å²) in [6.45, 7) is 9.01. The van der Waals surface area contributed by atoms with E-state index < -0.39 is 5.41 Å². The third kappa shape index (κ3) is 5.81. The van der Waals surface area contributed by atoms with Gasteiger partial charge in [0.25, 0.3) is 0 Å². The molecule has 0 spiro atoms. The minimum Gasteiger partial charge on any atom is -0.459 e. The van der Waals surface area contributed by atoms with E-state index in [9.17, 15) is 9.59 Å². The molecule has 2 N–H and O–H groups in total. The topological polar surface area (TPSA) is 67.4 Å². The van der Waals surface area contributed by atoms with E-state index in [1.54, 1.807) is 58.9 Å². The molecule has 0 unspecified atom stereocenters. The van der Waals surface area contributed by atoms with Gasteiger partial charge in [0.2, 0.25) is 5.91 Å². The van der Waals surface area contributed by atoms with Crippen molar-refractivity contribution in [3.63, 3.8) is 0 Å². The standard InChI is InChI=1S/C16H22N2O3S/c1-10(2)21-13(19)11-6-8-12(9-7-11)17-15(22)18-14(20)16(3,4)5/h6-10H,1-5H3,(H2,17,18,20,22). The van der Waals surface area contributed by atoms with E-state index in [0.717, 1.165) is 0 Å². The van der Waals surface area contributed by atoms with E-state index in [2.05, 4.69) is 10.6 Å². The molecule has 0 aromatic heterocycles. The van der Waals surface area contributed by atoms with Gasteiger partial charge in [0, 0.05) is 11.1 Å². The first-order valence-corrected chi connectivity index (χ1v) is 7.44. The fourth-order valence-corrected chi connectivity index (χ4v) is 1.64. The molecule has 0 saturated heterocycles. The van der Waals surface area contributed by atoms with Crippen LogP contribution in [0.1, 0.15) is 45.0 Å². The van der Waals surface area contributed by atoms with E-state index in [1.807, 2.05) is 0 Å². The van der Waals surface area contributed by atoms with E-state index in [0.29, 0.717) is 11.3 Å². The van der Waals surface area contributed by atoms with Crippen LogP contribution >= 0.6 is 12.2 Å². The molecule has 0 aliphatic carbocycles. The highest BCUT2D eigenvalue weighted by Gasteiger charge is 2.21. The molecule has 6 heteroatoms. The predicted molar refractivity (Wildman–Crippen MR) is 90.8 cm³/mol. The zero-order valence-corrected chi connectivity index (χ0v) is 14.3. The fourth-order valence-electron chi connectivity index (χ4n) is 1.42. The molecule has 0 radical (unpaired) electrons. The number of carbonyl (C=O) groups is 2. The first kappa shape index (κ1) is 18.1. The van der Waals surface area contributed by atoms with Crippen molar-refractivity contribution in [2.24, 2.45) is 5.41 Å². The molecule has 0 fully saturated rings. The van der Waals surface area contributed by atoms with Crippen LogP contribution in [0.15, 0.2) is 24.3 Å². The molecule has 22 heavy (non-hydrogen) atoms. The van der Waals surface area contributed by atoms with Gasteiger partial charge < -0.3 is 15.4 Å². The van der Waals surface area contributed by atoms with Gasteiger partial charge in [-0.1, -0.05) is 20.8 Å². The van der Waals surface area contributed by atoms with Crippen LogP contribution in [-0.2, 0) is 9.53 Å². The van der Waals surface area contributed by atoms with Gasteiger partial charge in [-0.25, -0.2) is 4.79 Å². The summed E-state index contributed by atoms with van der Waals surface area (Å²) < 4.78 is 5.11. The minimum atomic E-state index is -0.518. The second-order valence-corrected chi connectivity index (χ2v) is 6.60. The SMILES string of the molecule is CC(C)OC(=O)c1ccc(NC(=S)NC(=O)C(C)(C)C)cc1. The number of anilines is 1. The number of rotatable bonds is 3. The van der Waals surface area contributed by atoms with Gasteiger partial charge in [0.15, 0.2) is 5.11 Å². The van der Waals surface area contributed by atoms with Gasteiger partial charge in [-0.15, -0.1) is 0 Å². The number of nitrogens with one attached hydrogen (secondary N) is 2. The second kappa shape index (κ2) is 7.35. The first-order chi connectivity index (χ1) is 10.1. The van der Waals surface area contributed by atoms with Gasteiger partial charge in [-0.05, 0) is 50.3 Å². The molecule has 1 aromatic rings. The first-order valence-electron chi connectivity index (χ1n) is 7.03. The summed E-state index contributed by atoms with van der Waals surface area (Å²) in [7, 11) is 0. The highest BCUT2D eigenvalue weighted by Crippen LogP contribution is 2.14. The Hall–Kier alpha value is -1.95. The summed E-state index contributed by atoms with van der Waals surface area (Å²) in [5, 5.41) is 5.74. The summed E-state index contributed by atoms with van der Waals surface area (Å²) >= 11 is 5.09. The Morgan fingerprint density at radius 2 is 1.68 bits per heavy atom. The van der Waals surface area contributed by atoms with Crippen LogP contribution in [0.25, 0.3) is 0 Å². The number of ether oxygens (including phenoxy) is 1. The number of carbonyl (C=O) groups excluding carboxylic acids is 2. The van der Waals surface area contributed by atoms with E-state index in [4.69, 9.17) is 17.0 Å². The monoisotopic (exact) mass is 322 g/mol. The van der Waals surface area contributed by atoms with Gasteiger partial charge in [0.05, 0.1) is 11.7 Å². The predicted octanol–water partition coefficient (Wildman–Crippen LogP) is 3.11. The lowest BCUT2D eigenvalue weighted by Crippen LogP contribution is -2.41. The second-order valence-electron chi connectivity index (χ2n) is 6.19. The third-order valence-electron chi connectivity index (χ3n) is 2.63. The summed E-state index contributed by atoms with van der Waals surface area (Å²) in [4.78, 5) is 23.5. The molecular formula is C16H22N2O3S. The molecule has 0 bridgehead atoms. The van der Waals surface area contributed by atoms with Crippen LogP contribution in [0.3, 0.4) is 0 Å². The van der Waals surface area contributed by atoms with Crippen LogP contribution in [0.2, 0.25) is 0 Å². The van der Waals surface area contributed by atoms with Crippen LogP contribution in [0.5, 0.6) is 0 Å². The summed E-state index contributed by atoms with van der Waals surface area (Å²) in [5.74, 6) is -0.535. The molecule has 0 aliphatic heterocycles. The Kier molecular flexibility index (Phi) is 6.05. The molecule has 0 heterocycles. The number of hydrogen-bond acceptors (Lipinski definition) is 4. The van der Waals surface area contributed by atoms with Crippen molar-refractivity contribution in [1.82, 2.24) is 5.32 Å². The molecule has 1 amide bonds. The van der Waals surface area contributed by atoms with Crippen LogP contribution < -0.4 is 10.6 Å². The highest BCUT2D eigenvalue weighted by atomic mass is 32.1. The molecule has 5 nitrogen and oxygen atoms in total. The van der Waals surface area contributed by atoms with E-state index in [-0.39, 0.29) is 23.1 Å². The molecule has 0 aliphatic rings. The zero-order chi connectivity index (χ0) is 16.9. The lowest BCUT2D eigenvalue weighted by Gasteiger charge is -2.18. The van der Waals surface area contributed by atoms with Crippen molar-refractivity contribution in [3.8, 4) is 0 Å². The quantitative estimate of drug-likeness (QED) is 0.661. The maximum absolute atomic E-state index is 11.8. The number of amides is 1. The number of thiocarbonyl (C=S) groups is 1.